The normalized spacial score (nSPS) is 13.0. The maximum atomic E-state index is 12.9. The molecule has 1 heterocycles. The number of rotatable bonds is 5. The van der Waals surface area contributed by atoms with Gasteiger partial charge in [0.25, 0.3) is 11.8 Å². The van der Waals surface area contributed by atoms with E-state index >= 15 is 0 Å². The maximum absolute atomic E-state index is 12.9. The Kier molecular flexibility index (Phi) is 6.97. The van der Waals surface area contributed by atoms with Crippen LogP contribution >= 0.6 is 23.1 Å². The molecule has 0 radical (unpaired) electrons. The van der Waals surface area contributed by atoms with E-state index in [0.29, 0.717) is 21.4 Å². The van der Waals surface area contributed by atoms with Crippen LogP contribution in [0.1, 0.15) is 57.8 Å². The molecule has 0 atom stereocenters. The predicted octanol–water partition coefficient (Wildman–Crippen LogP) is 4.88. The molecule has 0 bridgehead atoms. The number of aryl methyl sites for hydroxylation is 1. The summed E-state index contributed by atoms with van der Waals surface area (Å²) in [6.45, 7) is 4.19. The summed E-state index contributed by atoms with van der Waals surface area (Å²) in [7, 11) is 1.20. The Hall–Kier alpha value is -2.32. The zero-order chi connectivity index (χ0) is 21.0. The van der Waals surface area contributed by atoms with Crippen molar-refractivity contribution >= 4 is 46.0 Å². The molecule has 0 aliphatic heterocycles. The number of thiophene rings is 1. The fourth-order valence-electron chi connectivity index (χ4n) is 3.26. The molecule has 8 heteroatoms. The molecule has 1 aliphatic carbocycles. The van der Waals surface area contributed by atoms with Gasteiger partial charge in [0.15, 0.2) is 0 Å². The number of imide groups is 1. The molecule has 0 saturated heterocycles. The number of carbonyl (C=O) groups is 3. The van der Waals surface area contributed by atoms with E-state index < -0.39 is 12.0 Å². The summed E-state index contributed by atoms with van der Waals surface area (Å²) in [6.07, 6.45) is 2.83. The second kappa shape index (κ2) is 9.45. The van der Waals surface area contributed by atoms with Crippen molar-refractivity contribution in [2.45, 2.75) is 49.7 Å². The van der Waals surface area contributed by atoms with Crippen LogP contribution in [0, 0.1) is 0 Å². The SMILES string of the molecule is COC(=O)NC(=O)c1c(NC(=O)c2cccc(SC(C)C)c2)sc2c1CCCC2. The van der Waals surface area contributed by atoms with Crippen LogP contribution in [-0.2, 0) is 17.6 Å². The Labute approximate surface area is 178 Å². The van der Waals surface area contributed by atoms with E-state index in [-0.39, 0.29) is 5.91 Å². The number of anilines is 1. The van der Waals surface area contributed by atoms with Crippen LogP contribution < -0.4 is 10.6 Å². The van der Waals surface area contributed by atoms with Crippen molar-refractivity contribution < 1.29 is 19.1 Å². The highest BCUT2D eigenvalue weighted by Crippen LogP contribution is 2.38. The van der Waals surface area contributed by atoms with Gasteiger partial charge in [0.2, 0.25) is 0 Å². The average Bonchev–Trinajstić information content (AvgIpc) is 3.05. The van der Waals surface area contributed by atoms with Crippen molar-refractivity contribution in [1.82, 2.24) is 5.32 Å². The lowest BCUT2D eigenvalue weighted by atomic mass is 9.95. The standard InChI is InChI=1S/C21H24N2O4S2/c1-12(2)28-14-8-6-7-13(11-14)18(24)22-20-17(19(25)23-21(26)27-3)15-9-4-5-10-16(15)29-20/h6-8,11-12H,4-5,9-10H2,1-3H3,(H,22,24)(H,23,25,26). The van der Waals surface area contributed by atoms with E-state index in [2.05, 4.69) is 29.2 Å². The molecule has 1 aromatic heterocycles. The molecule has 6 nitrogen and oxygen atoms in total. The van der Waals surface area contributed by atoms with Gasteiger partial charge in [-0.3, -0.25) is 14.9 Å². The van der Waals surface area contributed by atoms with Crippen molar-refractivity contribution in [3.05, 3.63) is 45.8 Å². The zero-order valence-electron chi connectivity index (χ0n) is 16.7. The molecule has 1 aliphatic rings. The topological polar surface area (TPSA) is 84.5 Å². The average molecular weight is 433 g/mol. The number of carbonyl (C=O) groups excluding carboxylic acids is 3. The molecule has 2 N–H and O–H groups in total. The van der Waals surface area contributed by atoms with Crippen LogP contribution in [0.2, 0.25) is 0 Å². The highest BCUT2D eigenvalue weighted by Gasteiger charge is 2.27. The first-order valence-corrected chi connectivity index (χ1v) is 11.2. The van der Waals surface area contributed by atoms with Gasteiger partial charge in [-0.05, 0) is 49.4 Å². The largest absolute Gasteiger partial charge is 0.453 e. The van der Waals surface area contributed by atoms with Crippen LogP contribution in [0.15, 0.2) is 29.2 Å². The Morgan fingerprint density at radius 2 is 1.90 bits per heavy atom. The molecule has 154 valence electrons. The number of hydrogen-bond donors (Lipinski definition) is 2. The Morgan fingerprint density at radius 1 is 1.14 bits per heavy atom. The number of thioether (sulfide) groups is 1. The van der Waals surface area contributed by atoms with E-state index in [1.807, 2.05) is 18.2 Å². The number of amides is 3. The van der Waals surface area contributed by atoms with Gasteiger partial charge in [-0.25, -0.2) is 4.79 Å². The summed E-state index contributed by atoms with van der Waals surface area (Å²) in [5, 5.41) is 6.00. The summed E-state index contributed by atoms with van der Waals surface area (Å²) < 4.78 is 4.54. The van der Waals surface area contributed by atoms with Crippen molar-refractivity contribution in [1.29, 1.82) is 0 Å². The van der Waals surface area contributed by atoms with Gasteiger partial charge in [-0.1, -0.05) is 19.9 Å². The third-order valence-electron chi connectivity index (χ3n) is 4.49. The van der Waals surface area contributed by atoms with Gasteiger partial charge in [0.05, 0.1) is 12.7 Å². The van der Waals surface area contributed by atoms with Gasteiger partial charge in [-0.2, -0.15) is 0 Å². The first-order valence-electron chi connectivity index (χ1n) is 9.51. The van der Waals surface area contributed by atoms with E-state index in [1.54, 1.807) is 17.8 Å². The first kappa shape index (κ1) is 21.4. The van der Waals surface area contributed by atoms with Crippen LogP contribution in [0.5, 0.6) is 0 Å². The predicted molar refractivity (Wildman–Crippen MR) is 116 cm³/mol. The minimum atomic E-state index is -0.818. The molecule has 0 unspecified atom stereocenters. The van der Waals surface area contributed by atoms with E-state index in [9.17, 15) is 14.4 Å². The number of methoxy groups -OCH3 is 1. The van der Waals surface area contributed by atoms with Crippen LogP contribution in [0.4, 0.5) is 9.80 Å². The Balaban J connectivity index is 1.88. The van der Waals surface area contributed by atoms with Gasteiger partial charge in [0, 0.05) is 20.6 Å². The van der Waals surface area contributed by atoms with Gasteiger partial charge in [-0.15, -0.1) is 23.1 Å². The molecule has 2 aromatic rings. The second-order valence-electron chi connectivity index (χ2n) is 7.01. The van der Waals surface area contributed by atoms with E-state index in [4.69, 9.17) is 0 Å². The number of nitrogens with one attached hydrogen (secondary N) is 2. The smallest absolute Gasteiger partial charge is 0.413 e. The molecule has 0 fully saturated rings. The number of alkyl carbamates (subject to hydrolysis) is 1. The molecule has 3 amide bonds. The summed E-state index contributed by atoms with van der Waals surface area (Å²) >= 11 is 3.10. The molecule has 3 rings (SSSR count). The summed E-state index contributed by atoms with van der Waals surface area (Å²) in [4.78, 5) is 39.2. The van der Waals surface area contributed by atoms with E-state index in [0.717, 1.165) is 41.0 Å². The fourth-order valence-corrected chi connectivity index (χ4v) is 5.44. The molecule has 1 aromatic carbocycles. The second-order valence-corrected chi connectivity index (χ2v) is 9.76. The lowest BCUT2D eigenvalue weighted by molar-refractivity contribution is 0.0937. The fraction of sp³-hybridized carbons (Fsp3) is 0.381. The molecule has 29 heavy (non-hydrogen) atoms. The maximum Gasteiger partial charge on any atom is 0.413 e. The lowest BCUT2D eigenvalue weighted by Gasteiger charge is -2.12. The zero-order valence-corrected chi connectivity index (χ0v) is 18.3. The van der Waals surface area contributed by atoms with Crippen molar-refractivity contribution in [2.75, 3.05) is 12.4 Å². The van der Waals surface area contributed by atoms with Gasteiger partial charge < -0.3 is 10.1 Å². The number of benzene rings is 1. The minimum absolute atomic E-state index is 0.276. The van der Waals surface area contributed by atoms with Crippen molar-refractivity contribution in [2.24, 2.45) is 0 Å². The lowest BCUT2D eigenvalue weighted by Crippen LogP contribution is -2.31. The molecular formula is C21H24N2O4S2. The molecule has 0 spiro atoms. The summed E-state index contributed by atoms with van der Waals surface area (Å²) in [5.74, 6) is -0.822. The van der Waals surface area contributed by atoms with Gasteiger partial charge in [0.1, 0.15) is 5.00 Å². The first-order chi connectivity index (χ1) is 13.9. The third-order valence-corrected chi connectivity index (χ3v) is 6.70. The highest BCUT2D eigenvalue weighted by atomic mass is 32.2. The van der Waals surface area contributed by atoms with Crippen LogP contribution in [-0.4, -0.2) is 30.3 Å². The molecular weight excluding hydrogens is 408 g/mol. The van der Waals surface area contributed by atoms with Gasteiger partial charge >= 0.3 is 6.09 Å². The summed E-state index contributed by atoms with van der Waals surface area (Å²) in [6, 6.07) is 7.42. The third kappa shape index (κ3) is 5.19. The van der Waals surface area contributed by atoms with E-state index in [1.165, 1.54) is 18.4 Å². The quantitative estimate of drug-likeness (QED) is 0.658. The number of fused-ring (bicyclic) bond motifs is 1. The minimum Gasteiger partial charge on any atom is -0.453 e. The Bertz CT molecular complexity index is 937. The number of hydrogen-bond acceptors (Lipinski definition) is 6. The van der Waals surface area contributed by atoms with Crippen LogP contribution in [0.25, 0.3) is 0 Å². The summed E-state index contributed by atoms with van der Waals surface area (Å²) in [5.41, 5.74) is 1.82. The monoisotopic (exact) mass is 432 g/mol. The Morgan fingerprint density at radius 3 is 2.62 bits per heavy atom. The highest BCUT2D eigenvalue weighted by molar-refractivity contribution is 7.99. The van der Waals surface area contributed by atoms with Crippen molar-refractivity contribution in [3.8, 4) is 0 Å². The van der Waals surface area contributed by atoms with Crippen molar-refractivity contribution in [3.63, 3.8) is 0 Å². The number of ether oxygens (including phenoxy) is 1. The molecule has 0 saturated carbocycles. The van der Waals surface area contributed by atoms with Crippen LogP contribution in [0.3, 0.4) is 0 Å².